The van der Waals surface area contributed by atoms with E-state index in [4.69, 9.17) is 9.47 Å². The number of rotatable bonds is 9. The van der Waals surface area contributed by atoms with Crippen LogP contribution in [-0.2, 0) is 14.3 Å². The minimum Gasteiger partial charge on any atom is -0.497 e. The Morgan fingerprint density at radius 3 is 2.34 bits per heavy atom. The maximum absolute atomic E-state index is 13.8. The molecule has 228 valence electrons. The summed E-state index contributed by atoms with van der Waals surface area (Å²) in [6.07, 6.45) is 5.87. The van der Waals surface area contributed by atoms with Crippen LogP contribution in [0.5, 0.6) is 5.75 Å². The topological polar surface area (TPSA) is 91.4 Å². The molecule has 1 aromatic carbocycles. The molecule has 2 aliphatic heterocycles. The van der Waals surface area contributed by atoms with Crippen LogP contribution in [0.3, 0.4) is 0 Å². The van der Waals surface area contributed by atoms with Crippen molar-refractivity contribution in [1.29, 1.82) is 0 Å². The average Bonchev–Trinajstić information content (AvgIpc) is 3.47. The molecule has 1 aliphatic carbocycles. The molecule has 3 amide bonds. The number of carbonyl (C=O) groups excluding carboxylic acids is 3. The summed E-state index contributed by atoms with van der Waals surface area (Å²) in [5.41, 5.74) is 0.458. The number of carbonyl (C=O) groups is 3. The Morgan fingerprint density at radius 1 is 1.02 bits per heavy atom. The summed E-state index contributed by atoms with van der Waals surface area (Å²) in [5, 5.41) is 2.35. The number of nitrogens with zero attached hydrogens (tertiary/aromatic N) is 3. The van der Waals surface area contributed by atoms with Crippen LogP contribution in [0.2, 0.25) is 0 Å². The summed E-state index contributed by atoms with van der Waals surface area (Å²) in [4.78, 5) is 45.7. The Labute approximate surface area is 253 Å². The van der Waals surface area contributed by atoms with E-state index in [0.717, 1.165) is 30.3 Å². The van der Waals surface area contributed by atoms with E-state index in [2.05, 4.69) is 10.2 Å². The number of anilines is 1. The summed E-state index contributed by atoms with van der Waals surface area (Å²) in [6.45, 7) is 8.51. The van der Waals surface area contributed by atoms with E-state index in [1.54, 1.807) is 18.9 Å². The molecule has 11 heteroatoms. The number of ether oxygens (including phenoxy) is 2. The molecule has 41 heavy (non-hydrogen) atoms. The minimum absolute atomic E-state index is 0.0457. The molecule has 1 N–H and O–H groups in total. The Hall–Kier alpha value is -2.27. The van der Waals surface area contributed by atoms with E-state index in [-0.39, 0.29) is 11.8 Å². The Bertz CT molecular complexity index is 1020. The maximum Gasteiger partial charge on any atom is 0.411 e. The quantitative estimate of drug-likeness (QED) is 0.441. The van der Waals surface area contributed by atoms with Crippen molar-refractivity contribution in [2.75, 3.05) is 62.0 Å². The SMILES string of the molecule is COc1ccc(N2CCN(C(=O)[C@H](CSCC3CCCCC3)NC(=O)C3SCCN3C(=O)OC(C)(C)C)CC2)cc1. The van der Waals surface area contributed by atoms with Crippen molar-refractivity contribution in [3.05, 3.63) is 24.3 Å². The summed E-state index contributed by atoms with van der Waals surface area (Å²) >= 11 is 3.18. The maximum atomic E-state index is 13.8. The molecule has 2 saturated heterocycles. The highest BCUT2D eigenvalue weighted by Gasteiger charge is 2.39. The molecule has 0 spiro atoms. The van der Waals surface area contributed by atoms with Gasteiger partial charge in [0.1, 0.15) is 17.4 Å². The van der Waals surface area contributed by atoms with Crippen molar-refractivity contribution in [2.45, 2.75) is 69.9 Å². The number of piperazine rings is 1. The van der Waals surface area contributed by atoms with Gasteiger partial charge in [-0.2, -0.15) is 11.8 Å². The predicted molar refractivity (Wildman–Crippen MR) is 167 cm³/mol. The van der Waals surface area contributed by atoms with Crippen LogP contribution in [0.15, 0.2) is 24.3 Å². The lowest BCUT2D eigenvalue weighted by Gasteiger charge is -2.38. The lowest BCUT2D eigenvalue weighted by Crippen LogP contribution is -2.57. The van der Waals surface area contributed by atoms with Gasteiger partial charge in [-0.1, -0.05) is 19.3 Å². The summed E-state index contributed by atoms with van der Waals surface area (Å²) < 4.78 is 10.8. The Balaban J connectivity index is 1.38. The number of nitrogens with one attached hydrogen (secondary N) is 1. The highest BCUT2D eigenvalue weighted by molar-refractivity contribution is 8.00. The van der Waals surface area contributed by atoms with Crippen LogP contribution in [0.25, 0.3) is 0 Å². The first-order chi connectivity index (χ1) is 19.6. The fourth-order valence-corrected chi connectivity index (χ4v) is 7.90. The lowest BCUT2D eigenvalue weighted by atomic mass is 9.91. The lowest BCUT2D eigenvalue weighted by molar-refractivity contribution is -0.136. The normalized spacial score (nSPS) is 21.0. The van der Waals surface area contributed by atoms with Gasteiger partial charge in [0.05, 0.1) is 7.11 Å². The summed E-state index contributed by atoms with van der Waals surface area (Å²) in [5.74, 6) is 3.34. The van der Waals surface area contributed by atoms with Gasteiger partial charge in [0.2, 0.25) is 5.91 Å². The van der Waals surface area contributed by atoms with E-state index in [0.29, 0.717) is 37.1 Å². The second kappa shape index (κ2) is 14.8. The number of methoxy groups -OCH3 is 1. The van der Waals surface area contributed by atoms with Crippen LogP contribution in [0, 0.1) is 5.92 Å². The monoisotopic (exact) mass is 606 g/mol. The molecule has 2 heterocycles. The highest BCUT2D eigenvalue weighted by atomic mass is 32.2. The number of hydrogen-bond acceptors (Lipinski definition) is 8. The van der Waals surface area contributed by atoms with Gasteiger partial charge in [0, 0.05) is 49.9 Å². The molecule has 3 fully saturated rings. The Morgan fingerprint density at radius 2 is 1.71 bits per heavy atom. The van der Waals surface area contributed by atoms with Gasteiger partial charge in [0.25, 0.3) is 5.91 Å². The fraction of sp³-hybridized carbons (Fsp3) is 0.700. The van der Waals surface area contributed by atoms with E-state index < -0.39 is 23.1 Å². The van der Waals surface area contributed by atoms with E-state index in [1.165, 1.54) is 48.8 Å². The smallest absolute Gasteiger partial charge is 0.411 e. The van der Waals surface area contributed by atoms with E-state index in [1.807, 2.05) is 49.9 Å². The molecule has 1 saturated carbocycles. The van der Waals surface area contributed by atoms with Gasteiger partial charge in [-0.15, -0.1) is 11.8 Å². The first kappa shape index (κ1) is 31.7. The number of thioether (sulfide) groups is 2. The predicted octanol–water partition coefficient (Wildman–Crippen LogP) is 4.45. The molecule has 3 aliphatic rings. The van der Waals surface area contributed by atoms with Crippen LogP contribution in [0.4, 0.5) is 10.5 Å². The third-order valence-corrected chi connectivity index (χ3v) is 10.2. The van der Waals surface area contributed by atoms with Crippen molar-refractivity contribution in [1.82, 2.24) is 15.1 Å². The van der Waals surface area contributed by atoms with Crippen molar-refractivity contribution in [3.8, 4) is 5.75 Å². The number of hydrogen-bond donors (Lipinski definition) is 1. The average molecular weight is 607 g/mol. The molecule has 2 atom stereocenters. The molecule has 9 nitrogen and oxygen atoms in total. The summed E-state index contributed by atoms with van der Waals surface area (Å²) in [6, 6.07) is 7.34. The zero-order valence-electron chi connectivity index (χ0n) is 24.9. The molecule has 0 aromatic heterocycles. The van der Waals surface area contributed by atoms with Gasteiger partial charge in [-0.25, -0.2) is 4.79 Å². The molecule has 0 bridgehead atoms. The number of amides is 3. The fourth-order valence-electron chi connectivity index (χ4n) is 5.52. The zero-order chi connectivity index (χ0) is 29.4. The van der Waals surface area contributed by atoms with Crippen LogP contribution in [-0.4, -0.2) is 102 Å². The molecule has 4 rings (SSSR count). The van der Waals surface area contributed by atoms with E-state index in [9.17, 15) is 14.4 Å². The largest absolute Gasteiger partial charge is 0.497 e. The Kier molecular flexibility index (Phi) is 11.4. The first-order valence-corrected chi connectivity index (χ1v) is 17.0. The summed E-state index contributed by atoms with van der Waals surface area (Å²) in [7, 11) is 1.66. The molecular formula is C30H46N4O5S2. The van der Waals surface area contributed by atoms with Crippen molar-refractivity contribution in [2.24, 2.45) is 5.92 Å². The highest BCUT2D eigenvalue weighted by Crippen LogP contribution is 2.29. The standard InChI is InChI=1S/C30H46N4O5S2/c1-30(2,3)39-29(37)34-18-19-41-28(34)26(35)31-25(21-40-20-22-8-6-5-7-9-22)27(36)33-16-14-32(15-17-33)23-10-12-24(38-4)13-11-23/h10-13,22,25,28H,5-9,14-21H2,1-4H3,(H,31,35)/t25-,28?/m0/s1. The number of benzene rings is 1. The molecule has 1 aromatic rings. The first-order valence-electron chi connectivity index (χ1n) is 14.8. The third kappa shape index (κ3) is 9.11. The second-order valence-electron chi connectivity index (χ2n) is 12.0. The van der Waals surface area contributed by atoms with Crippen LogP contribution < -0.4 is 15.0 Å². The molecule has 1 unspecified atom stereocenters. The third-order valence-electron chi connectivity index (χ3n) is 7.75. The van der Waals surface area contributed by atoms with Crippen molar-refractivity contribution >= 4 is 47.1 Å². The van der Waals surface area contributed by atoms with Gasteiger partial charge in [-0.3, -0.25) is 14.5 Å². The zero-order valence-corrected chi connectivity index (χ0v) is 26.6. The van der Waals surface area contributed by atoms with Crippen LogP contribution in [0.1, 0.15) is 52.9 Å². The van der Waals surface area contributed by atoms with Crippen molar-refractivity contribution in [3.63, 3.8) is 0 Å². The van der Waals surface area contributed by atoms with Gasteiger partial charge in [-0.05, 0) is 69.5 Å². The van der Waals surface area contributed by atoms with Crippen LogP contribution >= 0.6 is 23.5 Å². The second-order valence-corrected chi connectivity index (χ2v) is 14.3. The van der Waals surface area contributed by atoms with Crippen molar-refractivity contribution < 1.29 is 23.9 Å². The van der Waals surface area contributed by atoms with Gasteiger partial charge in [0.15, 0.2) is 5.37 Å². The molecular weight excluding hydrogens is 560 g/mol. The minimum atomic E-state index is -0.699. The van der Waals surface area contributed by atoms with Gasteiger partial charge < -0.3 is 24.6 Å². The van der Waals surface area contributed by atoms with E-state index >= 15 is 0 Å². The van der Waals surface area contributed by atoms with Gasteiger partial charge >= 0.3 is 6.09 Å². The molecule has 0 radical (unpaired) electrons.